The number of rotatable bonds is 8. The minimum Gasteiger partial charge on any atom is -0.480 e. The number of nitrogens with one attached hydrogen (secondary N) is 1. The van der Waals surface area contributed by atoms with E-state index < -0.39 is 12.0 Å². The Morgan fingerprint density at radius 2 is 1.55 bits per heavy atom. The van der Waals surface area contributed by atoms with E-state index in [0.29, 0.717) is 18.5 Å². The summed E-state index contributed by atoms with van der Waals surface area (Å²) in [6.07, 6.45) is 0.679. The van der Waals surface area contributed by atoms with Crippen molar-refractivity contribution in [3.05, 3.63) is 71.8 Å². The van der Waals surface area contributed by atoms with Gasteiger partial charge in [-0.2, -0.15) is 0 Å². The lowest BCUT2D eigenvalue weighted by Gasteiger charge is -2.14. The minimum atomic E-state index is -0.906. The van der Waals surface area contributed by atoms with Gasteiger partial charge in [-0.3, -0.25) is 9.59 Å². The summed E-state index contributed by atoms with van der Waals surface area (Å²) < 4.78 is 0. The third-order valence-electron chi connectivity index (χ3n) is 3.42. The van der Waals surface area contributed by atoms with Crippen molar-refractivity contribution in [2.45, 2.75) is 18.9 Å². The first-order valence-corrected chi connectivity index (χ1v) is 7.25. The van der Waals surface area contributed by atoms with Crippen molar-refractivity contribution in [2.24, 2.45) is 0 Å². The molecule has 0 aromatic heterocycles. The van der Waals surface area contributed by atoms with Gasteiger partial charge >= 0.3 is 5.97 Å². The zero-order valence-corrected chi connectivity index (χ0v) is 12.2. The quantitative estimate of drug-likeness (QED) is 0.735. The summed E-state index contributed by atoms with van der Waals surface area (Å²) in [7, 11) is 0. The first-order valence-electron chi connectivity index (χ1n) is 7.25. The summed E-state index contributed by atoms with van der Waals surface area (Å²) in [4.78, 5) is 23.3. The van der Waals surface area contributed by atoms with Crippen molar-refractivity contribution in [2.75, 3.05) is 6.54 Å². The fourth-order valence-corrected chi connectivity index (χ4v) is 2.22. The fraction of sp³-hybridized carbons (Fsp3) is 0.222. The van der Waals surface area contributed by atoms with E-state index in [9.17, 15) is 14.7 Å². The monoisotopic (exact) mass is 297 g/mol. The number of hydrogen-bond donors (Lipinski definition) is 2. The molecule has 0 aliphatic heterocycles. The van der Waals surface area contributed by atoms with Crippen LogP contribution in [0, 0.1) is 0 Å². The van der Waals surface area contributed by atoms with E-state index in [1.54, 1.807) is 12.1 Å². The van der Waals surface area contributed by atoms with Crippen molar-refractivity contribution in [1.29, 1.82) is 0 Å². The molecule has 0 aliphatic carbocycles. The van der Waals surface area contributed by atoms with E-state index in [0.717, 1.165) is 5.56 Å². The lowest BCUT2D eigenvalue weighted by atomic mass is 10.1. The van der Waals surface area contributed by atoms with Gasteiger partial charge in [0, 0.05) is 18.5 Å². The zero-order chi connectivity index (χ0) is 15.8. The first kappa shape index (κ1) is 15.9. The van der Waals surface area contributed by atoms with Crippen LogP contribution in [0.5, 0.6) is 0 Å². The molecule has 0 amide bonds. The maximum Gasteiger partial charge on any atom is 0.321 e. The molecule has 114 valence electrons. The van der Waals surface area contributed by atoms with E-state index in [1.807, 2.05) is 48.5 Å². The highest BCUT2D eigenvalue weighted by Gasteiger charge is 2.17. The van der Waals surface area contributed by atoms with Gasteiger partial charge in [0.15, 0.2) is 5.78 Å². The standard InChI is InChI=1S/C18H19NO3/c20-17(15-9-5-2-6-10-15)11-12-19-16(18(21)22)13-14-7-3-1-4-8-14/h1-10,16,19H,11-13H2,(H,21,22)/t16-/m0/s1. The molecular formula is C18H19NO3. The van der Waals surface area contributed by atoms with Crippen molar-refractivity contribution < 1.29 is 14.7 Å². The van der Waals surface area contributed by atoms with Crippen LogP contribution in [0.1, 0.15) is 22.3 Å². The fourth-order valence-electron chi connectivity index (χ4n) is 2.22. The van der Waals surface area contributed by atoms with E-state index in [4.69, 9.17) is 0 Å². The van der Waals surface area contributed by atoms with Gasteiger partial charge in [0.25, 0.3) is 0 Å². The van der Waals surface area contributed by atoms with Crippen LogP contribution in [0.3, 0.4) is 0 Å². The van der Waals surface area contributed by atoms with Gasteiger partial charge in [0.2, 0.25) is 0 Å². The van der Waals surface area contributed by atoms with Crippen molar-refractivity contribution in [3.8, 4) is 0 Å². The maximum atomic E-state index is 12.0. The van der Waals surface area contributed by atoms with E-state index in [2.05, 4.69) is 5.32 Å². The summed E-state index contributed by atoms with van der Waals surface area (Å²) >= 11 is 0. The second-order valence-electron chi connectivity index (χ2n) is 5.07. The molecule has 2 N–H and O–H groups in total. The van der Waals surface area contributed by atoms with Crippen LogP contribution in [0.2, 0.25) is 0 Å². The van der Waals surface area contributed by atoms with Gasteiger partial charge < -0.3 is 10.4 Å². The lowest BCUT2D eigenvalue weighted by molar-refractivity contribution is -0.139. The number of ketones is 1. The normalized spacial score (nSPS) is 11.8. The van der Waals surface area contributed by atoms with Gasteiger partial charge in [-0.15, -0.1) is 0 Å². The molecule has 0 unspecified atom stereocenters. The summed E-state index contributed by atoms with van der Waals surface area (Å²) in [5.74, 6) is -0.895. The Bertz CT molecular complexity index is 611. The molecule has 1 atom stereocenters. The molecule has 22 heavy (non-hydrogen) atoms. The van der Waals surface area contributed by atoms with Gasteiger partial charge in [-0.25, -0.2) is 0 Å². The van der Waals surface area contributed by atoms with Gasteiger partial charge in [0.1, 0.15) is 6.04 Å². The second-order valence-corrected chi connectivity index (χ2v) is 5.07. The third kappa shape index (κ3) is 4.82. The molecule has 0 spiro atoms. The molecule has 4 heteroatoms. The highest BCUT2D eigenvalue weighted by molar-refractivity contribution is 5.96. The summed E-state index contributed by atoms with van der Waals surface area (Å²) in [6, 6.07) is 17.8. The number of carbonyl (C=O) groups excluding carboxylic acids is 1. The van der Waals surface area contributed by atoms with Crippen LogP contribution in [0.15, 0.2) is 60.7 Å². The minimum absolute atomic E-state index is 0.0111. The van der Waals surface area contributed by atoms with E-state index >= 15 is 0 Å². The van der Waals surface area contributed by atoms with Crippen LogP contribution in [-0.2, 0) is 11.2 Å². The van der Waals surface area contributed by atoms with Crippen molar-refractivity contribution >= 4 is 11.8 Å². The Kier molecular flexibility index (Phi) is 5.86. The van der Waals surface area contributed by atoms with Crippen LogP contribution in [-0.4, -0.2) is 29.4 Å². The molecule has 0 bridgehead atoms. The third-order valence-corrected chi connectivity index (χ3v) is 3.42. The number of hydrogen-bond acceptors (Lipinski definition) is 3. The van der Waals surface area contributed by atoms with Crippen LogP contribution < -0.4 is 5.32 Å². The van der Waals surface area contributed by atoms with Crippen LogP contribution in [0.25, 0.3) is 0 Å². The highest BCUT2D eigenvalue weighted by atomic mass is 16.4. The van der Waals surface area contributed by atoms with Gasteiger partial charge in [0.05, 0.1) is 0 Å². The van der Waals surface area contributed by atoms with Crippen LogP contribution >= 0.6 is 0 Å². The predicted molar refractivity (Wildman–Crippen MR) is 85.0 cm³/mol. The Balaban J connectivity index is 1.85. The van der Waals surface area contributed by atoms with Crippen molar-refractivity contribution in [3.63, 3.8) is 0 Å². The first-order chi connectivity index (χ1) is 10.7. The number of aliphatic carboxylic acids is 1. The molecule has 0 saturated carbocycles. The number of Topliss-reactive ketones (excluding diaryl/α,β-unsaturated/α-hetero) is 1. The van der Waals surface area contributed by atoms with Crippen molar-refractivity contribution in [1.82, 2.24) is 5.32 Å². The molecule has 2 aromatic carbocycles. The topological polar surface area (TPSA) is 66.4 Å². The Morgan fingerprint density at radius 1 is 0.955 bits per heavy atom. The molecule has 0 heterocycles. The predicted octanol–water partition coefficient (Wildman–Crippen LogP) is 2.54. The average molecular weight is 297 g/mol. The number of carboxylic acids is 1. The molecule has 4 nitrogen and oxygen atoms in total. The second kappa shape index (κ2) is 8.10. The molecule has 0 aliphatic rings. The molecule has 0 fully saturated rings. The molecule has 2 aromatic rings. The Hall–Kier alpha value is -2.46. The Morgan fingerprint density at radius 3 is 2.14 bits per heavy atom. The summed E-state index contributed by atoms with van der Waals surface area (Å²) in [6.45, 7) is 0.345. The number of carbonyl (C=O) groups is 2. The van der Waals surface area contributed by atoms with Gasteiger partial charge in [-0.05, 0) is 12.0 Å². The Labute approximate surface area is 129 Å². The SMILES string of the molecule is O=C(CCN[C@@H](Cc1ccccc1)C(=O)O)c1ccccc1. The van der Waals surface area contributed by atoms with E-state index in [1.165, 1.54) is 0 Å². The summed E-state index contributed by atoms with van der Waals surface area (Å²) in [5, 5.41) is 12.2. The van der Waals surface area contributed by atoms with Gasteiger partial charge in [-0.1, -0.05) is 60.7 Å². The molecule has 0 saturated heterocycles. The smallest absolute Gasteiger partial charge is 0.321 e. The maximum absolute atomic E-state index is 12.0. The number of carboxylic acid groups (broad SMARTS) is 1. The molecular weight excluding hydrogens is 278 g/mol. The highest BCUT2D eigenvalue weighted by Crippen LogP contribution is 2.05. The average Bonchev–Trinajstić information content (AvgIpc) is 2.55. The largest absolute Gasteiger partial charge is 0.480 e. The zero-order valence-electron chi connectivity index (χ0n) is 12.2. The number of benzene rings is 2. The molecule has 2 rings (SSSR count). The summed E-state index contributed by atoms with van der Waals surface area (Å²) in [5.41, 5.74) is 1.61. The lowest BCUT2D eigenvalue weighted by Crippen LogP contribution is -2.39. The van der Waals surface area contributed by atoms with Crippen LogP contribution in [0.4, 0.5) is 0 Å². The van der Waals surface area contributed by atoms with E-state index in [-0.39, 0.29) is 12.2 Å². The molecule has 0 radical (unpaired) electrons.